The van der Waals surface area contributed by atoms with Crippen LogP contribution in [0.1, 0.15) is 18.4 Å². The summed E-state index contributed by atoms with van der Waals surface area (Å²) in [6.07, 6.45) is -3.18. The van der Waals surface area contributed by atoms with E-state index in [1.54, 1.807) is 23.1 Å². The first-order valence-electron chi connectivity index (χ1n) is 10.5. The Balaban J connectivity index is 1.38. The molecule has 33 heavy (non-hydrogen) atoms. The number of rotatable bonds is 4. The summed E-state index contributed by atoms with van der Waals surface area (Å²) in [5, 5.41) is 0. The lowest BCUT2D eigenvalue weighted by atomic mass is 9.97. The van der Waals surface area contributed by atoms with Gasteiger partial charge in [0.2, 0.25) is 5.91 Å². The van der Waals surface area contributed by atoms with E-state index in [1.807, 2.05) is 4.90 Å². The number of hydrogen-bond acceptors (Lipinski definition) is 5. The fourth-order valence-corrected chi connectivity index (χ4v) is 7.94. The van der Waals surface area contributed by atoms with Gasteiger partial charge in [0.1, 0.15) is 4.21 Å². The summed E-state index contributed by atoms with van der Waals surface area (Å²) < 4.78 is 67.3. The van der Waals surface area contributed by atoms with Gasteiger partial charge >= 0.3 is 6.18 Å². The summed E-state index contributed by atoms with van der Waals surface area (Å²) in [6, 6.07) is 8.44. The standard InChI is InChI=1S/C21H23BrF3N3O3S2/c22-18-6-7-19(32-18)33(30,31)28-8-2-3-15(14-28)20(29)27-11-9-26(10-12-27)17-5-1-4-16(13-17)21(23,24)25/h1,4-7,13,15H,2-3,8-12,14H2/t15-/m0/s1. The molecule has 2 fully saturated rings. The number of thiophene rings is 1. The van der Waals surface area contributed by atoms with E-state index in [-0.39, 0.29) is 16.7 Å². The quantitative estimate of drug-likeness (QED) is 0.555. The number of amides is 1. The molecule has 0 N–H and O–H groups in total. The second-order valence-electron chi connectivity index (χ2n) is 8.12. The molecule has 1 aromatic heterocycles. The summed E-state index contributed by atoms with van der Waals surface area (Å²) in [5.74, 6) is -0.511. The van der Waals surface area contributed by atoms with Crippen LogP contribution in [0.2, 0.25) is 0 Å². The van der Waals surface area contributed by atoms with E-state index in [9.17, 15) is 26.4 Å². The molecule has 1 atom stereocenters. The van der Waals surface area contributed by atoms with Gasteiger partial charge in [-0.25, -0.2) is 8.42 Å². The highest BCUT2D eigenvalue weighted by atomic mass is 79.9. The van der Waals surface area contributed by atoms with Crippen LogP contribution in [-0.4, -0.2) is 62.8 Å². The van der Waals surface area contributed by atoms with E-state index in [1.165, 1.54) is 10.4 Å². The molecule has 1 aromatic carbocycles. The van der Waals surface area contributed by atoms with Crippen molar-refractivity contribution in [3.63, 3.8) is 0 Å². The lowest BCUT2D eigenvalue weighted by molar-refractivity contribution is -0.137. The van der Waals surface area contributed by atoms with E-state index < -0.39 is 27.7 Å². The van der Waals surface area contributed by atoms with Gasteiger partial charge in [-0.15, -0.1) is 11.3 Å². The molecular formula is C21H23BrF3N3O3S2. The van der Waals surface area contributed by atoms with Crippen molar-refractivity contribution in [1.82, 2.24) is 9.21 Å². The number of piperidine rings is 1. The van der Waals surface area contributed by atoms with E-state index in [0.29, 0.717) is 51.3 Å². The summed E-state index contributed by atoms with van der Waals surface area (Å²) in [7, 11) is -3.65. The van der Waals surface area contributed by atoms with Gasteiger partial charge in [0.25, 0.3) is 10.0 Å². The van der Waals surface area contributed by atoms with Gasteiger partial charge in [-0.2, -0.15) is 17.5 Å². The largest absolute Gasteiger partial charge is 0.416 e. The van der Waals surface area contributed by atoms with E-state index in [0.717, 1.165) is 27.3 Å². The molecule has 0 radical (unpaired) electrons. The monoisotopic (exact) mass is 565 g/mol. The van der Waals surface area contributed by atoms with Crippen LogP contribution in [0.5, 0.6) is 0 Å². The van der Waals surface area contributed by atoms with Gasteiger partial charge < -0.3 is 9.80 Å². The zero-order valence-corrected chi connectivity index (χ0v) is 20.8. The molecule has 2 aromatic rings. The second kappa shape index (κ2) is 9.55. The summed E-state index contributed by atoms with van der Waals surface area (Å²) in [4.78, 5) is 16.7. The lowest BCUT2D eigenvalue weighted by Crippen LogP contribution is -2.53. The van der Waals surface area contributed by atoms with Gasteiger partial charge in [-0.05, 0) is 59.1 Å². The van der Waals surface area contributed by atoms with Crippen LogP contribution in [0.15, 0.2) is 44.4 Å². The van der Waals surface area contributed by atoms with E-state index in [4.69, 9.17) is 0 Å². The highest BCUT2D eigenvalue weighted by molar-refractivity contribution is 9.11. The molecule has 4 rings (SSSR count). The summed E-state index contributed by atoms with van der Waals surface area (Å²) >= 11 is 4.43. The number of anilines is 1. The van der Waals surface area contributed by atoms with E-state index >= 15 is 0 Å². The van der Waals surface area contributed by atoms with Crippen molar-refractivity contribution in [2.24, 2.45) is 5.92 Å². The third-order valence-corrected chi connectivity index (χ3v) is 9.96. The Morgan fingerprint density at radius 1 is 1.06 bits per heavy atom. The number of carbonyl (C=O) groups is 1. The smallest absolute Gasteiger partial charge is 0.368 e. The van der Waals surface area contributed by atoms with Crippen LogP contribution >= 0.6 is 27.3 Å². The average Bonchev–Trinajstić information content (AvgIpc) is 3.25. The van der Waals surface area contributed by atoms with Gasteiger partial charge in [0, 0.05) is 45.0 Å². The third kappa shape index (κ3) is 5.39. The maximum Gasteiger partial charge on any atom is 0.416 e. The Morgan fingerprint density at radius 2 is 1.79 bits per heavy atom. The predicted molar refractivity (Wildman–Crippen MR) is 124 cm³/mol. The van der Waals surface area contributed by atoms with Crippen molar-refractivity contribution >= 4 is 48.9 Å². The molecule has 2 aliphatic heterocycles. The molecule has 0 spiro atoms. The molecule has 2 saturated heterocycles. The maximum atomic E-state index is 13.1. The minimum absolute atomic E-state index is 0.0917. The Hall–Kier alpha value is -1.63. The zero-order valence-electron chi connectivity index (χ0n) is 17.6. The number of halogens is 4. The number of hydrogen-bond donors (Lipinski definition) is 0. The normalized spacial score (nSPS) is 20.8. The van der Waals surface area contributed by atoms with Crippen molar-refractivity contribution in [2.45, 2.75) is 23.2 Å². The van der Waals surface area contributed by atoms with Crippen LogP contribution in [0.25, 0.3) is 0 Å². The molecule has 180 valence electrons. The summed E-state index contributed by atoms with van der Waals surface area (Å²) in [5.41, 5.74) is -0.214. The maximum absolute atomic E-state index is 13.1. The molecule has 3 heterocycles. The van der Waals surface area contributed by atoms with Gasteiger partial charge in [-0.1, -0.05) is 6.07 Å². The van der Waals surface area contributed by atoms with Gasteiger partial charge in [0.15, 0.2) is 0 Å². The van der Waals surface area contributed by atoms with Crippen LogP contribution in [0, 0.1) is 5.92 Å². The second-order valence-corrected chi connectivity index (χ2v) is 12.7. The lowest BCUT2D eigenvalue weighted by Gasteiger charge is -2.39. The molecule has 2 aliphatic rings. The summed E-state index contributed by atoms with van der Waals surface area (Å²) in [6.45, 7) is 2.14. The molecule has 12 heteroatoms. The zero-order chi connectivity index (χ0) is 23.8. The first kappa shape index (κ1) is 24.5. The Morgan fingerprint density at radius 3 is 2.42 bits per heavy atom. The van der Waals surface area contributed by atoms with Crippen molar-refractivity contribution in [2.75, 3.05) is 44.2 Å². The van der Waals surface area contributed by atoms with Crippen molar-refractivity contribution in [1.29, 1.82) is 0 Å². The molecule has 0 aliphatic carbocycles. The number of piperazine rings is 1. The minimum atomic E-state index is -4.40. The highest BCUT2D eigenvalue weighted by Crippen LogP contribution is 2.33. The SMILES string of the molecule is O=C([C@H]1CCCN(S(=O)(=O)c2ccc(Br)s2)C1)N1CCN(c2cccc(C(F)(F)F)c2)CC1. The van der Waals surface area contributed by atoms with Crippen LogP contribution in [0.3, 0.4) is 0 Å². The fourth-order valence-electron chi connectivity index (χ4n) is 4.25. The molecule has 0 unspecified atom stereocenters. The first-order chi connectivity index (χ1) is 15.6. The number of nitrogens with zero attached hydrogens (tertiary/aromatic N) is 3. The Labute approximate surface area is 203 Å². The molecule has 0 saturated carbocycles. The average molecular weight is 566 g/mol. The van der Waals surface area contributed by atoms with E-state index in [2.05, 4.69) is 15.9 Å². The number of sulfonamides is 1. The number of alkyl halides is 3. The highest BCUT2D eigenvalue weighted by Gasteiger charge is 2.37. The first-order valence-corrected chi connectivity index (χ1v) is 13.6. The van der Waals surface area contributed by atoms with Gasteiger partial charge in [0.05, 0.1) is 15.3 Å². The molecular weight excluding hydrogens is 543 g/mol. The van der Waals surface area contributed by atoms with Crippen molar-refractivity contribution < 1.29 is 26.4 Å². The number of carbonyl (C=O) groups excluding carboxylic acids is 1. The molecule has 6 nitrogen and oxygen atoms in total. The third-order valence-electron chi connectivity index (χ3n) is 6.01. The topological polar surface area (TPSA) is 60.9 Å². The van der Waals surface area contributed by atoms with Gasteiger partial charge in [-0.3, -0.25) is 4.79 Å². The molecule has 0 bridgehead atoms. The van der Waals surface area contributed by atoms with Crippen molar-refractivity contribution in [3.05, 3.63) is 45.7 Å². The predicted octanol–water partition coefficient (Wildman–Crippen LogP) is 4.28. The van der Waals surface area contributed by atoms with Crippen LogP contribution in [-0.2, 0) is 21.0 Å². The number of benzene rings is 1. The Bertz CT molecular complexity index is 1120. The molecule has 1 amide bonds. The van der Waals surface area contributed by atoms with Crippen LogP contribution < -0.4 is 4.90 Å². The Kier molecular flexibility index (Phi) is 7.09. The fraction of sp³-hybridized carbons (Fsp3) is 0.476. The van der Waals surface area contributed by atoms with Crippen LogP contribution in [0.4, 0.5) is 18.9 Å². The minimum Gasteiger partial charge on any atom is -0.368 e. The van der Waals surface area contributed by atoms with Crippen molar-refractivity contribution in [3.8, 4) is 0 Å².